The molecule has 0 bridgehead atoms. The Labute approximate surface area is 296 Å². The molecule has 0 saturated carbocycles. The molecule has 0 saturated heterocycles. The Morgan fingerprint density at radius 2 is 1.10 bits per heavy atom. The summed E-state index contributed by atoms with van der Waals surface area (Å²) >= 11 is 1.55. The first-order chi connectivity index (χ1) is 27.5. The van der Waals surface area contributed by atoms with Crippen molar-refractivity contribution in [2.24, 2.45) is 0 Å². The van der Waals surface area contributed by atoms with Crippen LogP contribution in [0.1, 0.15) is 12.3 Å². The van der Waals surface area contributed by atoms with Gasteiger partial charge in [0.25, 0.3) is 0 Å². The molecule has 0 aliphatic carbocycles. The first-order valence-corrected chi connectivity index (χ1v) is 16.5. The van der Waals surface area contributed by atoms with Crippen molar-refractivity contribution in [2.75, 3.05) is 0 Å². The number of hydrogen-bond acceptors (Lipinski definition) is 1. The van der Waals surface area contributed by atoms with Crippen LogP contribution in [0, 0.1) is 0 Å². The summed E-state index contributed by atoms with van der Waals surface area (Å²) in [5.74, 6) is 0. The van der Waals surface area contributed by atoms with Gasteiger partial charge in [0, 0.05) is 31.6 Å². The molecule has 48 heavy (non-hydrogen) atoms. The van der Waals surface area contributed by atoms with Crippen LogP contribution < -0.4 is 0 Å². The fraction of sp³-hybridized carbons (Fsp3) is 0. The van der Waals surface area contributed by atoms with E-state index >= 15 is 0 Å². The van der Waals surface area contributed by atoms with E-state index in [1.54, 1.807) is 11.8 Å². The topological polar surface area (TPSA) is 4.93 Å². The van der Waals surface area contributed by atoms with Gasteiger partial charge >= 0.3 is 0 Å². The molecule has 224 valence electrons. The SMILES string of the molecule is [2H]c1c([2H])c([2H])c(-c2ccc3c4c(cccc24)-c2cc(-c4c([2H])c([2H])c(-c5ccc6c(c5)c5ccccc5n6-c5ccccc5)c([2H])c4[2H])ccc2S3)c([2H])c1[2H]. The summed E-state index contributed by atoms with van der Waals surface area (Å²) in [6.45, 7) is 0. The Kier molecular flexibility index (Phi) is 4.47. The normalized spacial score (nSPS) is 14.7. The molecule has 0 N–H and O–H groups in total. The Balaban J connectivity index is 1.11. The molecular formula is C46H29NS. The third kappa shape index (κ3) is 4.27. The van der Waals surface area contributed by atoms with E-state index < -0.39 is 18.1 Å². The van der Waals surface area contributed by atoms with Gasteiger partial charge in [-0.1, -0.05) is 139 Å². The summed E-state index contributed by atoms with van der Waals surface area (Å²) in [6.07, 6.45) is 0. The Morgan fingerprint density at radius 1 is 0.417 bits per heavy atom. The molecule has 0 spiro atoms. The van der Waals surface area contributed by atoms with Crippen LogP contribution in [0.4, 0.5) is 0 Å². The summed E-state index contributed by atoms with van der Waals surface area (Å²) in [6, 6.07) is 36.9. The molecule has 9 aromatic rings. The van der Waals surface area contributed by atoms with Gasteiger partial charge in [-0.15, -0.1) is 0 Å². The first-order valence-electron chi connectivity index (χ1n) is 20.2. The Hall–Kier alpha value is -5.83. The number of nitrogens with zero attached hydrogens (tertiary/aromatic N) is 1. The first kappa shape index (κ1) is 19.7. The maximum atomic E-state index is 9.28. The minimum atomic E-state index is -0.441. The van der Waals surface area contributed by atoms with Gasteiger partial charge in [-0.05, 0) is 98.4 Å². The predicted octanol–water partition coefficient (Wildman–Crippen LogP) is 13.1. The number of para-hydroxylation sites is 2. The molecule has 0 fully saturated rings. The van der Waals surface area contributed by atoms with Crippen LogP contribution in [0.2, 0.25) is 0 Å². The van der Waals surface area contributed by atoms with E-state index in [-0.39, 0.29) is 52.9 Å². The van der Waals surface area contributed by atoms with Crippen LogP contribution in [0.3, 0.4) is 0 Å². The lowest BCUT2D eigenvalue weighted by Crippen LogP contribution is -1.95. The number of rotatable bonds is 4. The predicted molar refractivity (Wildman–Crippen MR) is 204 cm³/mol. The van der Waals surface area contributed by atoms with Crippen LogP contribution in [-0.4, -0.2) is 4.57 Å². The molecular weight excluding hydrogens is 599 g/mol. The van der Waals surface area contributed by atoms with E-state index in [0.29, 0.717) is 16.7 Å². The van der Waals surface area contributed by atoms with E-state index in [1.165, 1.54) is 0 Å². The second kappa shape index (κ2) is 10.9. The van der Waals surface area contributed by atoms with E-state index in [9.17, 15) is 5.48 Å². The van der Waals surface area contributed by atoms with Crippen molar-refractivity contribution >= 4 is 44.3 Å². The molecule has 8 aromatic carbocycles. The molecule has 1 aliphatic rings. The van der Waals surface area contributed by atoms with Crippen molar-refractivity contribution in [3.05, 3.63) is 176 Å². The lowest BCUT2D eigenvalue weighted by atomic mass is 9.91. The molecule has 0 radical (unpaired) electrons. The third-order valence-electron chi connectivity index (χ3n) is 9.15. The largest absolute Gasteiger partial charge is 0.309 e. The van der Waals surface area contributed by atoms with Crippen LogP contribution in [0.15, 0.2) is 186 Å². The van der Waals surface area contributed by atoms with Crippen molar-refractivity contribution in [1.29, 1.82) is 0 Å². The lowest BCUT2D eigenvalue weighted by Gasteiger charge is -2.22. The second-order valence-electron chi connectivity index (χ2n) is 11.8. The summed E-state index contributed by atoms with van der Waals surface area (Å²) in [5.41, 5.74) is 6.98. The minimum Gasteiger partial charge on any atom is -0.309 e. The van der Waals surface area contributed by atoms with Crippen molar-refractivity contribution in [1.82, 2.24) is 4.57 Å². The summed E-state index contributed by atoms with van der Waals surface area (Å²) in [4.78, 5) is 1.90. The Morgan fingerprint density at radius 3 is 1.94 bits per heavy atom. The fourth-order valence-electron chi connectivity index (χ4n) is 6.97. The van der Waals surface area contributed by atoms with Gasteiger partial charge in [0.15, 0.2) is 0 Å². The number of benzene rings is 8. The van der Waals surface area contributed by atoms with Gasteiger partial charge in [0.05, 0.1) is 23.4 Å². The fourth-order valence-corrected chi connectivity index (χ4v) is 8.08. The van der Waals surface area contributed by atoms with E-state index in [1.807, 2.05) is 97.1 Å². The molecule has 10 rings (SSSR count). The van der Waals surface area contributed by atoms with Gasteiger partial charge in [-0.2, -0.15) is 0 Å². The van der Waals surface area contributed by atoms with Crippen molar-refractivity contribution in [3.63, 3.8) is 0 Å². The highest BCUT2D eigenvalue weighted by Crippen LogP contribution is 2.50. The molecule has 1 nitrogen and oxygen atoms in total. The minimum absolute atomic E-state index is 0.125. The molecule has 0 atom stereocenters. The van der Waals surface area contributed by atoms with E-state index in [2.05, 4.69) is 28.8 Å². The van der Waals surface area contributed by atoms with Gasteiger partial charge in [-0.3, -0.25) is 0 Å². The highest BCUT2D eigenvalue weighted by molar-refractivity contribution is 7.99. The number of hydrogen-bond donors (Lipinski definition) is 0. The molecule has 0 unspecified atom stereocenters. The van der Waals surface area contributed by atoms with Gasteiger partial charge < -0.3 is 4.57 Å². The number of aromatic nitrogens is 1. The van der Waals surface area contributed by atoms with Crippen LogP contribution in [0.5, 0.6) is 0 Å². The van der Waals surface area contributed by atoms with Crippen molar-refractivity contribution in [3.8, 4) is 50.2 Å². The second-order valence-corrected chi connectivity index (χ2v) is 12.9. The number of fused-ring (bicyclic) bond motifs is 5. The average molecular weight is 637 g/mol. The standard InChI is InChI=1S/C46H29NS/c1-3-10-32(11-4-1)36-24-27-45-46-38(36)15-9-16-39(46)41-29-34(23-26-44(41)48-45)31-20-18-30(19-21-31)33-22-25-43-40(28-33)37-14-7-8-17-42(37)47(43)35-12-5-2-6-13-35/h1-29H/i1D,3D,4D,10D,11D,18D,19D,20D,21D. The maximum Gasteiger partial charge on any atom is 0.0629 e. The zero-order chi connectivity index (χ0) is 39.4. The molecule has 1 aliphatic heterocycles. The third-order valence-corrected chi connectivity index (χ3v) is 10.3. The summed E-state index contributed by atoms with van der Waals surface area (Å²) in [5, 5.41) is 3.58. The quantitative estimate of drug-likeness (QED) is 0.186. The Bertz CT molecular complexity index is 3150. The summed E-state index contributed by atoms with van der Waals surface area (Å²) in [7, 11) is 0. The zero-order valence-electron chi connectivity index (χ0n) is 34.4. The maximum absolute atomic E-state index is 9.28. The monoisotopic (exact) mass is 636 g/mol. The zero-order valence-corrected chi connectivity index (χ0v) is 26.2. The lowest BCUT2D eigenvalue weighted by molar-refractivity contribution is 1.18. The highest BCUT2D eigenvalue weighted by atomic mass is 32.2. The highest BCUT2D eigenvalue weighted by Gasteiger charge is 2.21. The molecule has 0 amide bonds. The average Bonchev–Trinajstić information content (AvgIpc) is 3.56. The van der Waals surface area contributed by atoms with E-state index in [0.717, 1.165) is 59.2 Å². The summed E-state index contributed by atoms with van der Waals surface area (Å²) < 4.78 is 81.2. The molecule has 1 aromatic heterocycles. The van der Waals surface area contributed by atoms with Crippen LogP contribution >= 0.6 is 11.8 Å². The van der Waals surface area contributed by atoms with Gasteiger partial charge in [-0.25, -0.2) is 0 Å². The van der Waals surface area contributed by atoms with Gasteiger partial charge in [0.1, 0.15) is 0 Å². The van der Waals surface area contributed by atoms with Gasteiger partial charge in [0.2, 0.25) is 0 Å². The van der Waals surface area contributed by atoms with Crippen LogP contribution in [-0.2, 0) is 0 Å². The van der Waals surface area contributed by atoms with Crippen molar-refractivity contribution in [2.45, 2.75) is 9.79 Å². The van der Waals surface area contributed by atoms with E-state index in [4.69, 9.17) is 6.85 Å². The molecule has 2 heterocycles. The van der Waals surface area contributed by atoms with Crippen molar-refractivity contribution < 1.29 is 12.3 Å². The smallest absolute Gasteiger partial charge is 0.0629 e. The molecule has 2 heteroatoms. The van der Waals surface area contributed by atoms with Crippen LogP contribution in [0.25, 0.3) is 82.8 Å².